The number of nitrogens with zero attached hydrogens (tertiary/aromatic N) is 1. The number of aliphatic hydroxyl groups is 1. The average molecular weight is 315 g/mol. The van der Waals surface area contributed by atoms with E-state index in [1.165, 1.54) is 25.2 Å². The number of anilines is 1. The highest BCUT2D eigenvalue weighted by atomic mass is 16.6. The van der Waals surface area contributed by atoms with Crippen molar-refractivity contribution in [3.63, 3.8) is 0 Å². The van der Waals surface area contributed by atoms with E-state index in [1.54, 1.807) is 24.3 Å². The first-order chi connectivity index (χ1) is 11.0. The molecule has 0 spiro atoms. The second kappa shape index (κ2) is 7.37. The number of amides is 1. The zero-order chi connectivity index (χ0) is 16.8. The molecular weight excluding hydrogens is 298 g/mol. The maximum Gasteiger partial charge on any atom is 0.293 e. The number of nitro benzene ring substituents is 1. The number of aliphatic hydroxyl groups excluding tert-OH is 1. The summed E-state index contributed by atoms with van der Waals surface area (Å²) in [6, 6.07) is 13.1. The predicted octanol–water partition coefficient (Wildman–Crippen LogP) is 2.10. The minimum atomic E-state index is -0.797. The van der Waals surface area contributed by atoms with Crippen LogP contribution < -0.4 is 10.6 Å². The Hall–Kier alpha value is -2.93. The minimum absolute atomic E-state index is 0.115. The van der Waals surface area contributed by atoms with Gasteiger partial charge < -0.3 is 15.7 Å². The first kappa shape index (κ1) is 16.4. The fourth-order valence-electron chi connectivity index (χ4n) is 2.12. The Morgan fingerprint density at radius 1 is 1.26 bits per heavy atom. The van der Waals surface area contributed by atoms with Crippen molar-refractivity contribution in [3.8, 4) is 0 Å². The summed E-state index contributed by atoms with van der Waals surface area (Å²) in [6.45, 7) is 0.115. The molecule has 0 aliphatic rings. The van der Waals surface area contributed by atoms with Gasteiger partial charge in [0.2, 0.25) is 0 Å². The van der Waals surface area contributed by atoms with Crippen LogP contribution in [0.25, 0.3) is 0 Å². The maximum atomic E-state index is 11.6. The lowest BCUT2D eigenvalue weighted by Crippen LogP contribution is -2.18. The topological polar surface area (TPSA) is 104 Å². The summed E-state index contributed by atoms with van der Waals surface area (Å²) in [5, 5.41) is 26.5. The lowest BCUT2D eigenvalue weighted by Gasteiger charge is -2.13. The van der Waals surface area contributed by atoms with Crippen LogP contribution in [0.2, 0.25) is 0 Å². The van der Waals surface area contributed by atoms with Gasteiger partial charge in [0.15, 0.2) is 0 Å². The molecule has 7 nitrogen and oxygen atoms in total. The number of benzene rings is 2. The molecule has 1 atom stereocenters. The van der Waals surface area contributed by atoms with Crippen molar-refractivity contribution in [3.05, 3.63) is 69.8 Å². The van der Waals surface area contributed by atoms with Gasteiger partial charge in [-0.05, 0) is 17.7 Å². The zero-order valence-corrected chi connectivity index (χ0v) is 12.5. The Morgan fingerprint density at radius 2 is 1.96 bits per heavy atom. The van der Waals surface area contributed by atoms with Gasteiger partial charge in [-0.3, -0.25) is 14.9 Å². The van der Waals surface area contributed by atoms with Crippen LogP contribution in [0.4, 0.5) is 11.4 Å². The van der Waals surface area contributed by atoms with Gasteiger partial charge in [-0.25, -0.2) is 0 Å². The highest BCUT2D eigenvalue weighted by Gasteiger charge is 2.18. The van der Waals surface area contributed by atoms with E-state index in [2.05, 4.69) is 10.6 Å². The maximum absolute atomic E-state index is 11.6. The van der Waals surface area contributed by atoms with Gasteiger partial charge in [-0.2, -0.15) is 0 Å². The summed E-state index contributed by atoms with van der Waals surface area (Å²) < 4.78 is 0. The number of carbonyl (C=O) groups is 1. The molecular formula is C16H17N3O4. The molecule has 0 aromatic heterocycles. The molecule has 2 aromatic carbocycles. The predicted molar refractivity (Wildman–Crippen MR) is 86.4 cm³/mol. The molecule has 0 heterocycles. The molecule has 0 saturated carbocycles. The molecule has 0 fully saturated rings. The molecule has 2 aromatic rings. The highest BCUT2D eigenvalue weighted by molar-refractivity contribution is 5.95. The molecule has 1 amide bonds. The second-order valence-electron chi connectivity index (χ2n) is 4.88. The quantitative estimate of drug-likeness (QED) is 0.559. The molecule has 3 N–H and O–H groups in total. The fourth-order valence-corrected chi connectivity index (χ4v) is 2.12. The Labute approximate surface area is 133 Å². The van der Waals surface area contributed by atoms with Gasteiger partial charge in [-0.15, -0.1) is 0 Å². The van der Waals surface area contributed by atoms with Crippen molar-refractivity contribution in [2.75, 3.05) is 18.9 Å². The van der Waals surface area contributed by atoms with Gasteiger partial charge in [-0.1, -0.05) is 30.3 Å². The normalized spacial score (nSPS) is 11.6. The zero-order valence-electron chi connectivity index (χ0n) is 12.5. The van der Waals surface area contributed by atoms with E-state index in [0.717, 1.165) is 0 Å². The van der Waals surface area contributed by atoms with Gasteiger partial charge in [0, 0.05) is 25.2 Å². The third kappa shape index (κ3) is 4.04. The summed E-state index contributed by atoms with van der Waals surface area (Å²) in [5.41, 5.74) is 0.946. The van der Waals surface area contributed by atoms with E-state index in [4.69, 9.17) is 0 Å². The third-order valence-corrected chi connectivity index (χ3v) is 3.35. The highest BCUT2D eigenvalue weighted by Crippen LogP contribution is 2.26. The Bertz CT molecular complexity index is 704. The number of hydrogen-bond acceptors (Lipinski definition) is 5. The SMILES string of the molecule is CNC(=O)c1ccc(NC[C@H](O)c2ccccc2)c([N+](=O)[O-])c1. The Kier molecular flexibility index (Phi) is 5.27. The summed E-state index contributed by atoms with van der Waals surface area (Å²) in [6.07, 6.45) is -0.797. The molecule has 0 unspecified atom stereocenters. The van der Waals surface area contributed by atoms with Gasteiger partial charge in [0.05, 0.1) is 11.0 Å². The van der Waals surface area contributed by atoms with Crippen LogP contribution in [0.5, 0.6) is 0 Å². The summed E-state index contributed by atoms with van der Waals surface area (Å²) >= 11 is 0. The molecule has 7 heteroatoms. The number of carbonyl (C=O) groups excluding carboxylic acids is 1. The van der Waals surface area contributed by atoms with E-state index in [9.17, 15) is 20.0 Å². The van der Waals surface area contributed by atoms with Crippen LogP contribution in [0, 0.1) is 10.1 Å². The monoisotopic (exact) mass is 315 g/mol. The van der Waals surface area contributed by atoms with Crippen LogP contribution >= 0.6 is 0 Å². The molecule has 0 bridgehead atoms. The van der Waals surface area contributed by atoms with E-state index in [-0.39, 0.29) is 23.5 Å². The molecule has 120 valence electrons. The van der Waals surface area contributed by atoms with Crippen molar-refractivity contribution in [1.82, 2.24) is 5.32 Å². The van der Waals surface area contributed by atoms with E-state index in [1.807, 2.05) is 6.07 Å². The van der Waals surface area contributed by atoms with E-state index in [0.29, 0.717) is 5.56 Å². The van der Waals surface area contributed by atoms with Crippen LogP contribution in [-0.2, 0) is 0 Å². The van der Waals surface area contributed by atoms with Gasteiger partial charge in [0.25, 0.3) is 11.6 Å². The Balaban J connectivity index is 2.16. The number of nitro groups is 1. The lowest BCUT2D eigenvalue weighted by atomic mass is 10.1. The summed E-state index contributed by atoms with van der Waals surface area (Å²) in [4.78, 5) is 22.2. The van der Waals surface area contributed by atoms with E-state index < -0.39 is 16.9 Å². The molecule has 0 aliphatic carbocycles. The molecule has 23 heavy (non-hydrogen) atoms. The lowest BCUT2D eigenvalue weighted by molar-refractivity contribution is -0.384. The first-order valence-corrected chi connectivity index (χ1v) is 7.00. The van der Waals surface area contributed by atoms with Crippen molar-refractivity contribution in [1.29, 1.82) is 0 Å². The fraction of sp³-hybridized carbons (Fsp3) is 0.188. The first-order valence-electron chi connectivity index (χ1n) is 7.00. The second-order valence-corrected chi connectivity index (χ2v) is 4.88. The van der Waals surface area contributed by atoms with Crippen molar-refractivity contribution in [2.45, 2.75) is 6.10 Å². The Morgan fingerprint density at radius 3 is 2.57 bits per heavy atom. The van der Waals surface area contributed by atoms with Crippen LogP contribution in [-0.4, -0.2) is 29.5 Å². The van der Waals surface area contributed by atoms with E-state index >= 15 is 0 Å². The van der Waals surface area contributed by atoms with Crippen LogP contribution in [0.1, 0.15) is 22.0 Å². The number of nitrogens with one attached hydrogen (secondary N) is 2. The third-order valence-electron chi connectivity index (χ3n) is 3.35. The average Bonchev–Trinajstić information content (AvgIpc) is 2.59. The van der Waals surface area contributed by atoms with Crippen molar-refractivity contribution >= 4 is 17.3 Å². The molecule has 0 radical (unpaired) electrons. The number of rotatable bonds is 6. The molecule has 2 rings (SSSR count). The minimum Gasteiger partial charge on any atom is -0.387 e. The number of hydrogen-bond donors (Lipinski definition) is 3. The largest absolute Gasteiger partial charge is 0.387 e. The smallest absolute Gasteiger partial charge is 0.293 e. The molecule has 0 saturated heterocycles. The summed E-state index contributed by atoms with van der Waals surface area (Å²) in [5.74, 6) is -0.399. The van der Waals surface area contributed by atoms with Crippen LogP contribution in [0.15, 0.2) is 48.5 Å². The van der Waals surface area contributed by atoms with Crippen LogP contribution in [0.3, 0.4) is 0 Å². The standard InChI is InChI=1S/C16H17N3O4/c1-17-16(21)12-7-8-13(14(9-12)19(22)23)18-10-15(20)11-5-3-2-4-6-11/h2-9,15,18,20H,10H2,1H3,(H,17,21)/t15-/m0/s1. The summed E-state index contributed by atoms with van der Waals surface area (Å²) in [7, 11) is 1.45. The van der Waals surface area contributed by atoms with Crippen molar-refractivity contribution in [2.24, 2.45) is 0 Å². The van der Waals surface area contributed by atoms with Gasteiger partial charge >= 0.3 is 0 Å². The molecule has 0 aliphatic heterocycles. The van der Waals surface area contributed by atoms with Gasteiger partial charge in [0.1, 0.15) is 5.69 Å². The van der Waals surface area contributed by atoms with Crippen molar-refractivity contribution < 1.29 is 14.8 Å².